The lowest BCUT2D eigenvalue weighted by Gasteiger charge is -2.33. The van der Waals surface area contributed by atoms with Gasteiger partial charge in [0.1, 0.15) is 0 Å². The molecule has 71 valence electrons. The normalized spacial score (nSPS) is 15.9. The zero-order valence-corrected chi connectivity index (χ0v) is 9.31. The summed E-state index contributed by atoms with van der Waals surface area (Å²) in [6.45, 7) is 13.1. The molecular formula is C10H22BO. The molecule has 0 aromatic carbocycles. The van der Waals surface area contributed by atoms with Crippen molar-refractivity contribution in [2.75, 3.05) is 0 Å². The zero-order valence-electron chi connectivity index (χ0n) is 9.31. The van der Waals surface area contributed by atoms with Crippen molar-refractivity contribution in [3.05, 3.63) is 0 Å². The lowest BCUT2D eigenvalue weighted by molar-refractivity contribution is 0.263. The molecule has 0 aliphatic rings. The minimum Gasteiger partial charge on any atom is -0.454 e. The summed E-state index contributed by atoms with van der Waals surface area (Å²) >= 11 is 0. The molecule has 0 rings (SSSR count). The Balaban J connectivity index is 4.20. The molecule has 0 aromatic rings. The number of hydrogen-bond acceptors (Lipinski definition) is 1. The van der Waals surface area contributed by atoms with Crippen LogP contribution in [0.3, 0.4) is 0 Å². The lowest BCUT2D eigenvalue weighted by atomic mass is 9.59. The third kappa shape index (κ3) is 4.81. The molecule has 1 N–H and O–H groups in total. The Morgan fingerprint density at radius 3 is 1.58 bits per heavy atom. The third-order valence-electron chi connectivity index (χ3n) is 2.12. The standard InChI is InChI=1S/C10H22BO/c1-9(2,3)7-8(11-12)10(4,5)6/h8,12H,7H2,1-6H3. The van der Waals surface area contributed by atoms with Crippen LogP contribution < -0.4 is 0 Å². The summed E-state index contributed by atoms with van der Waals surface area (Å²) in [5.74, 6) is 0.289. The Morgan fingerprint density at radius 1 is 1.08 bits per heavy atom. The maximum absolute atomic E-state index is 9.10. The van der Waals surface area contributed by atoms with Crippen molar-refractivity contribution in [3.8, 4) is 0 Å². The molecule has 1 atom stereocenters. The van der Waals surface area contributed by atoms with Crippen LogP contribution in [0.15, 0.2) is 0 Å². The quantitative estimate of drug-likeness (QED) is 0.630. The van der Waals surface area contributed by atoms with Crippen LogP contribution in [0.1, 0.15) is 48.0 Å². The highest BCUT2D eigenvalue weighted by molar-refractivity contribution is 6.28. The molecule has 0 saturated heterocycles. The van der Waals surface area contributed by atoms with E-state index in [1.807, 2.05) is 0 Å². The van der Waals surface area contributed by atoms with Gasteiger partial charge in [-0.2, -0.15) is 0 Å². The summed E-state index contributed by atoms with van der Waals surface area (Å²) in [5.41, 5.74) is 0.458. The molecule has 0 fully saturated rings. The van der Waals surface area contributed by atoms with Crippen LogP contribution in [-0.4, -0.2) is 12.5 Å². The monoisotopic (exact) mass is 169 g/mol. The van der Waals surface area contributed by atoms with Gasteiger partial charge in [-0.15, -0.1) is 0 Å². The van der Waals surface area contributed by atoms with Crippen molar-refractivity contribution in [3.63, 3.8) is 0 Å². The highest BCUT2D eigenvalue weighted by Gasteiger charge is 2.29. The molecule has 0 spiro atoms. The fraction of sp³-hybridized carbons (Fsp3) is 1.00. The molecule has 12 heavy (non-hydrogen) atoms. The van der Waals surface area contributed by atoms with Crippen LogP contribution in [0.2, 0.25) is 5.82 Å². The second-order valence-electron chi connectivity index (χ2n) is 5.89. The molecule has 2 heteroatoms. The molecule has 0 aliphatic heterocycles. The van der Waals surface area contributed by atoms with E-state index in [0.29, 0.717) is 0 Å². The summed E-state index contributed by atoms with van der Waals surface area (Å²) in [5, 5.41) is 9.10. The minimum atomic E-state index is 0.169. The maximum atomic E-state index is 9.10. The van der Waals surface area contributed by atoms with Crippen molar-refractivity contribution in [1.29, 1.82) is 0 Å². The Kier molecular flexibility index (Phi) is 3.83. The maximum Gasteiger partial charge on any atom is 0.291 e. The fourth-order valence-corrected chi connectivity index (χ4v) is 1.24. The van der Waals surface area contributed by atoms with Crippen LogP contribution >= 0.6 is 0 Å². The molecule has 1 unspecified atom stereocenters. The van der Waals surface area contributed by atoms with E-state index in [1.54, 1.807) is 0 Å². The predicted molar refractivity (Wildman–Crippen MR) is 55.2 cm³/mol. The third-order valence-corrected chi connectivity index (χ3v) is 2.12. The Morgan fingerprint density at radius 2 is 1.50 bits per heavy atom. The van der Waals surface area contributed by atoms with Gasteiger partial charge in [-0.25, -0.2) is 0 Å². The Bertz CT molecular complexity index is 130. The lowest BCUT2D eigenvalue weighted by Crippen LogP contribution is -2.25. The second-order valence-corrected chi connectivity index (χ2v) is 5.89. The van der Waals surface area contributed by atoms with E-state index in [1.165, 1.54) is 7.48 Å². The molecule has 0 heterocycles. The van der Waals surface area contributed by atoms with Gasteiger partial charge in [0, 0.05) is 0 Å². The summed E-state index contributed by atoms with van der Waals surface area (Å²) in [6, 6.07) is 0. The van der Waals surface area contributed by atoms with Gasteiger partial charge in [0.15, 0.2) is 0 Å². The summed E-state index contributed by atoms with van der Waals surface area (Å²) in [4.78, 5) is 0. The zero-order chi connectivity index (χ0) is 9.99. The molecule has 0 amide bonds. The summed E-state index contributed by atoms with van der Waals surface area (Å²) < 4.78 is 0. The van der Waals surface area contributed by atoms with E-state index >= 15 is 0 Å². The van der Waals surface area contributed by atoms with Gasteiger partial charge in [0.25, 0.3) is 7.48 Å². The van der Waals surface area contributed by atoms with Crippen LogP contribution in [0.5, 0.6) is 0 Å². The molecule has 0 aliphatic carbocycles. The van der Waals surface area contributed by atoms with Crippen LogP contribution in [0.4, 0.5) is 0 Å². The predicted octanol–water partition coefficient (Wildman–Crippen LogP) is 2.87. The molecule has 0 bridgehead atoms. The number of rotatable bonds is 2. The van der Waals surface area contributed by atoms with E-state index in [4.69, 9.17) is 5.02 Å². The Labute approximate surface area is 77.8 Å². The average Bonchev–Trinajstić information content (AvgIpc) is 1.78. The first-order valence-electron chi connectivity index (χ1n) is 4.64. The van der Waals surface area contributed by atoms with Crippen molar-refractivity contribution in [2.24, 2.45) is 10.8 Å². The highest BCUT2D eigenvalue weighted by atomic mass is 16.2. The molecule has 1 nitrogen and oxygen atoms in total. The first kappa shape index (κ1) is 12.0. The van der Waals surface area contributed by atoms with Crippen molar-refractivity contribution in [2.45, 2.75) is 53.8 Å². The first-order valence-corrected chi connectivity index (χ1v) is 4.64. The smallest absolute Gasteiger partial charge is 0.291 e. The van der Waals surface area contributed by atoms with Gasteiger partial charge < -0.3 is 5.02 Å². The highest BCUT2D eigenvalue weighted by Crippen LogP contribution is 2.39. The van der Waals surface area contributed by atoms with Gasteiger partial charge in [-0.1, -0.05) is 41.5 Å². The SMILES string of the molecule is CC(C)(C)CC([B]O)C(C)(C)C. The average molecular weight is 169 g/mol. The van der Waals surface area contributed by atoms with Gasteiger partial charge in [0.05, 0.1) is 0 Å². The van der Waals surface area contributed by atoms with Crippen LogP contribution in [0.25, 0.3) is 0 Å². The van der Waals surface area contributed by atoms with Crippen molar-refractivity contribution < 1.29 is 5.02 Å². The first-order chi connectivity index (χ1) is 5.17. The summed E-state index contributed by atoms with van der Waals surface area (Å²) in [6.07, 6.45) is 1.03. The van der Waals surface area contributed by atoms with E-state index < -0.39 is 0 Å². The van der Waals surface area contributed by atoms with Gasteiger partial charge >= 0.3 is 0 Å². The minimum absolute atomic E-state index is 0.169. The summed E-state index contributed by atoms with van der Waals surface area (Å²) in [7, 11) is 1.35. The van der Waals surface area contributed by atoms with Gasteiger partial charge in [-0.3, -0.25) is 0 Å². The van der Waals surface area contributed by atoms with E-state index in [-0.39, 0.29) is 16.6 Å². The van der Waals surface area contributed by atoms with E-state index in [0.717, 1.165) is 6.42 Å². The largest absolute Gasteiger partial charge is 0.454 e. The Hall–Kier alpha value is 0.0249. The number of hydrogen-bond donors (Lipinski definition) is 1. The molecular weight excluding hydrogens is 147 g/mol. The van der Waals surface area contributed by atoms with Crippen LogP contribution in [0, 0.1) is 10.8 Å². The van der Waals surface area contributed by atoms with Crippen molar-refractivity contribution >= 4 is 7.48 Å². The molecule has 0 saturated carbocycles. The van der Waals surface area contributed by atoms with Gasteiger partial charge in [-0.05, 0) is 23.1 Å². The van der Waals surface area contributed by atoms with Crippen molar-refractivity contribution in [1.82, 2.24) is 0 Å². The van der Waals surface area contributed by atoms with Crippen LogP contribution in [-0.2, 0) is 0 Å². The molecule has 1 radical (unpaired) electrons. The van der Waals surface area contributed by atoms with E-state index in [9.17, 15) is 0 Å². The fourth-order valence-electron chi connectivity index (χ4n) is 1.24. The van der Waals surface area contributed by atoms with Gasteiger partial charge in [0.2, 0.25) is 0 Å². The topological polar surface area (TPSA) is 20.2 Å². The molecule has 0 aromatic heterocycles. The van der Waals surface area contributed by atoms with E-state index in [2.05, 4.69) is 41.5 Å². The second kappa shape index (κ2) is 3.82.